The van der Waals surface area contributed by atoms with Crippen LogP contribution in [0.15, 0.2) is 77.7 Å². The fourth-order valence-corrected chi connectivity index (χ4v) is 4.44. The van der Waals surface area contributed by atoms with Crippen LogP contribution in [0.25, 0.3) is 0 Å². The molecule has 10 heteroatoms. The van der Waals surface area contributed by atoms with E-state index >= 15 is 0 Å². The molecule has 0 spiro atoms. The molecule has 0 aliphatic rings. The number of halogens is 1. The van der Waals surface area contributed by atoms with Crippen LogP contribution in [0.5, 0.6) is 0 Å². The van der Waals surface area contributed by atoms with Gasteiger partial charge in [0, 0.05) is 22.8 Å². The lowest BCUT2D eigenvalue weighted by Crippen LogP contribution is -2.38. The predicted molar refractivity (Wildman–Crippen MR) is 119 cm³/mol. The molecule has 0 saturated carbocycles. The van der Waals surface area contributed by atoms with Gasteiger partial charge in [0.1, 0.15) is 6.54 Å². The molecule has 0 heterocycles. The smallest absolute Gasteiger partial charge is 0.269 e. The average molecular weight is 460 g/mol. The van der Waals surface area contributed by atoms with Crippen LogP contribution in [0.3, 0.4) is 0 Å². The molecule has 0 saturated heterocycles. The predicted octanol–water partition coefficient (Wildman–Crippen LogP) is 4.39. The minimum atomic E-state index is -4.12. The van der Waals surface area contributed by atoms with Crippen molar-refractivity contribution in [3.8, 4) is 0 Å². The van der Waals surface area contributed by atoms with Crippen LogP contribution in [0.1, 0.15) is 5.56 Å². The van der Waals surface area contributed by atoms with E-state index in [9.17, 15) is 23.3 Å². The number of non-ortho nitro benzene ring substituents is 1. The molecule has 3 rings (SSSR count). The van der Waals surface area contributed by atoms with Crippen LogP contribution < -0.4 is 9.62 Å². The summed E-state index contributed by atoms with van der Waals surface area (Å²) in [6.45, 7) is 1.24. The zero-order chi connectivity index (χ0) is 22.6. The first-order valence-corrected chi connectivity index (χ1v) is 10.9. The summed E-state index contributed by atoms with van der Waals surface area (Å²) in [5, 5.41) is 14.0. The molecule has 0 atom stereocenters. The Morgan fingerprint density at radius 2 is 1.71 bits per heavy atom. The topological polar surface area (TPSA) is 110 Å². The molecule has 3 aromatic rings. The zero-order valence-corrected chi connectivity index (χ0v) is 17.9. The number of hydrogen-bond donors (Lipinski definition) is 1. The molecule has 8 nitrogen and oxygen atoms in total. The number of benzene rings is 3. The number of nitro groups is 1. The summed E-state index contributed by atoms with van der Waals surface area (Å²) in [4.78, 5) is 23.1. The molecule has 160 valence electrons. The molecule has 0 aliphatic carbocycles. The van der Waals surface area contributed by atoms with Crippen LogP contribution in [-0.2, 0) is 14.8 Å². The van der Waals surface area contributed by atoms with E-state index in [2.05, 4.69) is 5.32 Å². The Kier molecular flexibility index (Phi) is 6.57. The van der Waals surface area contributed by atoms with Gasteiger partial charge in [0.25, 0.3) is 15.7 Å². The van der Waals surface area contributed by atoms with Gasteiger partial charge in [-0.1, -0.05) is 35.9 Å². The van der Waals surface area contributed by atoms with Crippen molar-refractivity contribution < 1.29 is 18.1 Å². The van der Waals surface area contributed by atoms with Gasteiger partial charge in [0.05, 0.1) is 15.5 Å². The third kappa shape index (κ3) is 5.19. The third-order valence-corrected chi connectivity index (χ3v) is 6.46. The highest BCUT2D eigenvalue weighted by Crippen LogP contribution is 2.26. The zero-order valence-electron chi connectivity index (χ0n) is 16.4. The Bertz CT molecular complexity index is 1220. The number of hydrogen-bond acceptors (Lipinski definition) is 5. The monoisotopic (exact) mass is 459 g/mol. The van der Waals surface area contributed by atoms with E-state index in [-0.39, 0.29) is 16.3 Å². The average Bonchev–Trinajstić information content (AvgIpc) is 2.75. The second-order valence-electron chi connectivity index (χ2n) is 6.61. The van der Waals surface area contributed by atoms with Crippen LogP contribution >= 0.6 is 11.6 Å². The van der Waals surface area contributed by atoms with Crippen molar-refractivity contribution in [2.24, 2.45) is 0 Å². The van der Waals surface area contributed by atoms with E-state index < -0.39 is 27.4 Å². The molecule has 1 amide bonds. The standard InChI is InChI=1S/C21H18ClN3O5S/c1-15-7-8-16(22)13-20(15)23-21(26)14-24(17-9-11-18(12-10-17)25(27)28)31(29,30)19-5-3-2-4-6-19/h2-13H,14H2,1H3,(H,23,26). The number of nitrogens with one attached hydrogen (secondary N) is 1. The van der Waals surface area contributed by atoms with Crippen LogP contribution in [0.4, 0.5) is 17.1 Å². The summed E-state index contributed by atoms with van der Waals surface area (Å²) in [6, 6.07) is 17.5. The summed E-state index contributed by atoms with van der Waals surface area (Å²) in [6.07, 6.45) is 0. The molecule has 0 radical (unpaired) electrons. The van der Waals surface area contributed by atoms with Crippen molar-refractivity contribution in [2.75, 3.05) is 16.2 Å². The summed E-state index contributed by atoms with van der Waals surface area (Å²) >= 11 is 5.98. The van der Waals surface area contributed by atoms with Crippen molar-refractivity contribution in [3.63, 3.8) is 0 Å². The van der Waals surface area contributed by atoms with Crippen molar-refractivity contribution in [1.82, 2.24) is 0 Å². The maximum Gasteiger partial charge on any atom is 0.269 e. The molecule has 0 aliphatic heterocycles. The highest BCUT2D eigenvalue weighted by molar-refractivity contribution is 7.92. The van der Waals surface area contributed by atoms with Gasteiger partial charge < -0.3 is 5.32 Å². The second-order valence-corrected chi connectivity index (χ2v) is 8.90. The number of amides is 1. The molecular weight excluding hydrogens is 442 g/mol. The summed E-state index contributed by atoms with van der Waals surface area (Å²) in [7, 11) is -4.12. The Hall–Kier alpha value is -3.43. The number of carbonyl (C=O) groups excluding carboxylic acids is 1. The lowest BCUT2D eigenvalue weighted by Gasteiger charge is -2.24. The van der Waals surface area contributed by atoms with E-state index in [1.54, 1.807) is 43.3 Å². The first-order chi connectivity index (χ1) is 14.7. The first kappa shape index (κ1) is 22.3. The van der Waals surface area contributed by atoms with E-state index in [1.807, 2.05) is 0 Å². The van der Waals surface area contributed by atoms with E-state index in [1.165, 1.54) is 36.4 Å². The number of nitrogens with zero attached hydrogens (tertiary/aromatic N) is 2. The first-order valence-electron chi connectivity index (χ1n) is 9.07. The third-order valence-electron chi connectivity index (χ3n) is 4.44. The van der Waals surface area contributed by atoms with E-state index in [0.717, 1.165) is 9.87 Å². The maximum atomic E-state index is 13.3. The number of sulfonamides is 1. The van der Waals surface area contributed by atoms with Crippen molar-refractivity contribution in [3.05, 3.63) is 93.5 Å². The van der Waals surface area contributed by atoms with Gasteiger partial charge in [0.2, 0.25) is 5.91 Å². The highest BCUT2D eigenvalue weighted by Gasteiger charge is 2.27. The lowest BCUT2D eigenvalue weighted by atomic mass is 10.2. The highest BCUT2D eigenvalue weighted by atomic mass is 35.5. The molecule has 0 bridgehead atoms. The van der Waals surface area contributed by atoms with E-state index in [4.69, 9.17) is 11.6 Å². The lowest BCUT2D eigenvalue weighted by molar-refractivity contribution is -0.384. The van der Waals surface area contributed by atoms with Crippen molar-refractivity contribution >= 4 is 44.6 Å². The van der Waals surface area contributed by atoms with Crippen molar-refractivity contribution in [2.45, 2.75) is 11.8 Å². The van der Waals surface area contributed by atoms with Gasteiger partial charge in [-0.2, -0.15) is 0 Å². The Morgan fingerprint density at radius 3 is 2.32 bits per heavy atom. The molecule has 0 aromatic heterocycles. The Balaban J connectivity index is 1.96. The fourth-order valence-electron chi connectivity index (χ4n) is 2.82. The Morgan fingerprint density at radius 1 is 1.06 bits per heavy atom. The number of aryl methyl sites for hydroxylation is 1. The van der Waals surface area contributed by atoms with Gasteiger partial charge in [-0.15, -0.1) is 0 Å². The number of anilines is 2. The quantitative estimate of drug-likeness (QED) is 0.416. The molecular formula is C21H18ClN3O5S. The fraction of sp³-hybridized carbons (Fsp3) is 0.0952. The van der Waals surface area contributed by atoms with Crippen LogP contribution in [0.2, 0.25) is 5.02 Å². The summed E-state index contributed by atoms with van der Waals surface area (Å²) in [5.41, 5.74) is 1.14. The second kappa shape index (κ2) is 9.15. The largest absolute Gasteiger partial charge is 0.324 e. The van der Waals surface area contributed by atoms with Gasteiger partial charge in [-0.05, 0) is 48.9 Å². The molecule has 0 unspecified atom stereocenters. The SMILES string of the molecule is Cc1ccc(Cl)cc1NC(=O)CN(c1ccc([N+](=O)[O-])cc1)S(=O)(=O)c1ccccc1. The number of rotatable bonds is 7. The molecule has 0 fully saturated rings. The molecule has 31 heavy (non-hydrogen) atoms. The summed E-state index contributed by atoms with van der Waals surface area (Å²) in [5.74, 6) is -0.594. The van der Waals surface area contributed by atoms with Gasteiger partial charge in [0.15, 0.2) is 0 Å². The normalized spacial score (nSPS) is 11.0. The minimum absolute atomic E-state index is 0.0138. The number of nitro benzene ring substituents is 1. The summed E-state index contributed by atoms with van der Waals surface area (Å²) < 4.78 is 27.4. The molecule has 1 N–H and O–H groups in total. The van der Waals surface area contributed by atoms with Gasteiger partial charge in [-0.3, -0.25) is 19.2 Å². The van der Waals surface area contributed by atoms with E-state index in [0.29, 0.717) is 10.7 Å². The number of carbonyl (C=O) groups is 1. The van der Waals surface area contributed by atoms with Gasteiger partial charge in [-0.25, -0.2) is 8.42 Å². The maximum absolute atomic E-state index is 13.3. The van der Waals surface area contributed by atoms with Crippen molar-refractivity contribution in [1.29, 1.82) is 0 Å². The van der Waals surface area contributed by atoms with Crippen LogP contribution in [-0.4, -0.2) is 25.8 Å². The Labute approximate surface area is 184 Å². The van der Waals surface area contributed by atoms with Gasteiger partial charge >= 0.3 is 0 Å². The molecule has 3 aromatic carbocycles. The van der Waals surface area contributed by atoms with Crippen LogP contribution in [0, 0.1) is 17.0 Å². The minimum Gasteiger partial charge on any atom is -0.324 e.